The Balaban J connectivity index is 2.22. The summed E-state index contributed by atoms with van der Waals surface area (Å²) in [5, 5.41) is 3.36. The molecule has 1 aliphatic heterocycles. The van der Waals surface area contributed by atoms with Gasteiger partial charge in [0, 0.05) is 30.2 Å². The molecule has 2 amide bonds. The molecule has 0 radical (unpaired) electrons. The molecule has 4 nitrogen and oxygen atoms in total. The third-order valence-corrected chi connectivity index (χ3v) is 2.67. The van der Waals surface area contributed by atoms with E-state index in [0.29, 0.717) is 6.04 Å². The fourth-order valence-corrected chi connectivity index (χ4v) is 1.72. The van der Waals surface area contributed by atoms with Gasteiger partial charge in [-0.25, -0.2) is 4.79 Å². The lowest BCUT2D eigenvalue weighted by Gasteiger charge is -2.31. The Morgan fingerprint density at radius 2 is 2.14 bits per heavy atom. The molecule has 5 heteroatoms. The third-order valence-electron chi connectivity index (χ3n) is 2.39. The van der Waals surface area contributed by atoms with Crippen LogP contribution in [0.3, 0.4) is 0 Å². The molecule has 1 heterocycles. The van der Waals surface area contributed by atoms with E-state index < -0.39 is 0 Å². The SMILES string of the molecule is C=C(Br)CNC1CCN(C(N)=O)CC1. The van der Waals surface area contributed by atoms with Crippen LogP contribution in [0.15, 0.2) is 11.1 Å². The number of nitrogens with one attached hydrogen (secondary N) is 1. The van der Waals surface area contributed by atoms with Gasteiger partial charge in [-0.05, 0) is 12.8 Å². The highest BCUT2D eigenvalue weighted by Gasteiger charge is 2.20. The molecule has 80 valence electrons. The first-order valence-electron chi connectivity index (χ1n) is 4.70. The zero-order valence-electron chi connectivity index (χ0n) is 8.13. The highest BCUT2D eigenvalue weighted by atomic mass is 79.9. The van der Waals surface area contributed by atoms with Crippen LogP contribution in [-0.4, -0.2) is 36.6 Å². The summed E-state index contributed by atoms with van der Waals surface area (Å²) in [6.45, 7) is 6.03. The molecular weight excluding hydrogens is 246 g/mol. The van der Waals surface area contributed by atoms with Crippen molar-refractivity contribution in [1.29, 1.82) is 0 Å². The van der Waals surface area contributed by atoms with Gasteiger partial charge >= 0.3 is 6.03 Å². The predicted octanol–water partition coefficient (Wildman–Crippen LogP) is 1.03. The van der Waals surface area contributed by atoms with Crippen molar-refractivity contribution in [2.75, 3.05) is 19.6 Å². The van der Waals surface area contributed by atoms with Crippen LogP contribution in [-0.2, 0) is 0 Å². The number of carbonyl (C=O) groups is 1. The molecule has 0 bridgehead atoms. The molecular formula is C9H16BrN3O. The topological polar surface area (TPSA) is 58.4 Å². The van der Waals surface area contributed by atoms with Crippen molar-refractivity contribution < 1.29 is 4.79 Å². The normalized spacial score (nSPS) is 18.2. The maximum Gasteiger partial charge on any atom is 0.314 e. The van der Waals surface area contributed by atoms with Crippen molar-refractivity contribution in [2.24, 2.45) is 5.73 Å². The van der Waals surface area contributed by atoms with E-state index in [2.05, 4.69) is 27.8 Å². The van der Waals surface area contributed by atoms with Gasteiger partial charge in [-0.1, -0.05) is 22.5 Å². The van der Waals surface area contributed by atoms with Gasteiger partial charge < -0.3 is 16.0 Å². The molecule has 0 unspecified atom stereocenters. The number of primary amides is 1. The molecule has 0 saturated carbocycles. The van der Waals surface area contributed by atoms with Gasteiger partial charge in [0.05, 0.1) is 0 Å². The first-order chi connectivity index (χ1) is 6.59. The standard InChI is InChI=1S/C9H16BrN3O/c1-7(10)6-12-8-2-4-13(5-3-8)9(11)14/h8,12H,1-6H2,(H2,11,14). The lowest BCUT2D eigenvalue weighted by atomic mass is 10.1. The van der Waals surface area contributed by atoms with Crippen molar-refractivity contribution in [3.8, 4) is 0 Å². The molecule has 3 N–H and O–H groups in total. The second-order valence-corrected chi connectivity index (χ2v) is 4.62. The van der Waals surface area contributed by atoms with Crippen molar-refractivity contribution in [3.05, 3.63) is 11.1 Å². The smallest absolute Gasteiger partial charge is 0.314 e. The fraction of sp³-hybridized carbons (Fsp3) is 0.667. The Labute approximate surface area is 92.6 Å². The van der Waals surface area contributed by atoms with Crippen LogP contribution in [0, 0.1) is 0 Å². The number of hydrogen-bond donors (Lipinski definition) is 2. The summed E-state index contributed by atoms with van der Waals surface area (Å²) < 4.78 is 0.954. The zero-order valence-corrected chi connectivity index (χ0v) is 9.72. The maximum absolute atomic E-state index is 10.8. The van der Waals surface area contributed by atoms with Crippen LogP contribution in [0.1, 0.15) is 12.8 Å². The Morgan fingerprint density at radius 3 is 2.57 bits per heavy atom. The van der Waals surface area contributed by atoms with Crippen LogP contribution in [0.2, 0.25) is 0 Å². The van der Waals surface area contributed by atoms with E-state index in [9.17, 15) is 4.79 Å². The summed E-state index contributed by atoms with van der Waals surface area (Å²) in [7, 11) is 0. The van der Waals surface area contributed by atoms with Crippen molar-refractivity contribution >= 4 is 22.0 Å². The highest BCUT2D eigenvalue weighted by Crippen LogP contribution is 2.10. The number of likely N-dealkylation sites (tertiary alicyclic amines) is 1. The number of amides is 2. The third kappa shape index (κ3) is 3.67. The first-order valence-corrected chi connectivity index (χ1v) is 5.50. The van der Waals surface area contributed by atoms with Gasteiger partial charge in [0.15, 0.2) is 0 Å². The van der Waals surface area contributed by atoms with Gasteiger partial charge in [-0.3, -0.25) is 0 Å². The predicted molar refractivity (Wildman–Crippen MR) is 60.2 cm³/mol. The summed E-state index contributed by atoms with van der Waals surface area (Å²) in [4.78, 5) is 12.5. The molecule has 14 heavy (non-hydrogen) atoms. The summed E-state index contributed by atoms with van der Waals surface area (Å²) in [5.41, 5.74) is 5.18. The number of piperidine rings is 1. The van der Waals surface area contributed by atoms with E-state index in [1.54, 1.807) is 4.90 Å². The van der Waals surface area contributed by atoms with Crippen molar-refractivity contribution in [2.45, 2.75) is 18.9 Å². The molecule has 1 aliphatic rings. The van der Waals surface area contributed by atoms with Crippen molar-refractivity contribution in [1.82, 2.24) is 10.2 Å². The van der Waals surface area contributed by atoms with Crippen LogP contribution in [0.5, 0.6) is 0 Å². The quantitative estimate of drug-likeness (QED) is 0.798. The van der Waals surface area contributed by atoms with E-state index in [-0.39, 0.29) is 6.03 Å². The molecule has 0 aromatic carbocycles. The summed E-state index contributed by atoms with van der Waals surface area (Å²) in [6.07, 6.45) is 1.92. The Hall–Kier alpha value is -0.550. The van der Waals surface area contributed by atoms with Gasteiger partial charge in [-0.2, -0.15) is 0 Å². The molecule has 1 fully saturated rings. The Kier molecular flexibility index (Phi) is 4.41. The van der Waals surface area contributed by atoms with Crippen LogP contribution in [0.25, 0.3) is 0 Å². The molecule has 0 atom stereocenters. The molecule has 0 aromatic heterocycles. The summed E-state index contributed by atoms with van der Waals surface area (Å²) >= 11 is 3.29. The number of rotatable bonds is 3. The molecule has 1 saturated heterocycles. The van der Waals surface area contributed by atoms with Gasteiger partial charge in [0.25, 0.3) is 0 Å². The van der Waals surface area contributed by atoms with Gasteiger partial charge in [0.2, 0.25) is 0 Å². The number of urea groups is 1. The Bertz CT molecular complexity index is 224. The average Bonchev–Trinajstić information content (AvgIpc) is 2.15. The van der Waals surface area contributed by atoms with Crippen molar-refractivity contribution in [3.63, 3.8) is 0 Å². The number of nitrogens with zero attached hydrogens (tertiary/aromatic N) is 1. The fourth-order valence-electron chi connectivity index (χ4n) is 1.56. The molecule has 0 aliphatic carbocycles. The second-order valence-electron chi connectivity index (χ2n) is 3.50. The molecule has 0 spiro atoms. The van der Waals surface area contributed by atoms with E-state index in [1.807, 2.05) is 0 Å². The lowest BCUT2D eigenvalue weighted by molar-refractivity contribution is 0.186. The monoisotopic (exact) mass is 261 g/mol. The minimum absolute atomic E-state index is 0.312. The van der Waals surface area contributed by atoms with Gasteiger partial charge in [-0.15, -0.1) is 0 Å². The Morgan fingerprint density at radius 1 is 1.57 bits per heavy atom. The minimum Gasteiger partial charge on any atom is -0.351 e. The highest BCUT2D eigenvalue weighted by molar-refractivity contribution is 9.11. The largest absolute Gasteiger partial charge is 0.351 e. The average molecular weight is 262 g/mol. The number of halogens is 1. The van der Waals surface area contributed by atoms with E-state index in [0.717, 1.165) is 37.0 Å². The molecule has 0 aromatic rings. The van der Waals surface area contributed by atoms with Crippen LogP contribution >= 0.6 is 15.9 Å². The van der Waals surface area contributed by atoms with Gasteiger partial charge in [0.1, 0.15) is 0 Å². The number of hydrogen-bond acceptors (Lipinski definition) is 2. The van der Waals surface area contributed by atoms with Crippen LogP contribution in [0.4, 0.5) is 4.79 Å². The number of carbonyl (C=O) groups excluding carboxylic acids is 1. The molecule has 1 rings (SSSR count). The summed E-state index contributed by atoms with van der Waals surface area (Å²) in [5.74, 6) is 0. The lowest BCUT2D eigenvalue weighted by Crippen LogP contribution is -2.46. The maximum atomic E-state index is 10.8. The summed E-state index contributed by atoms with van der Waals surface area (Å²) in [6, 6.07) is 0.160. The second kappa shape index (κ2) is 5.36. The van der Waals surface area contributed by atoms with E-state index >= 15 is 0 Å². The van der Waals surface area contributed by atoms with E-state index in [4.69, 9.17) is 5.73 Å². The minimum atomic E-state index is -0.312. The van der Waals surface area contributed by atoms with Crippen LogP contribution < -0.4 is 11.1 Å². The zero-order chi connectivity index (χ0) is 10.6. The number of nitrogens with two attached hydrogens (primary N) is 1. The first kappa shape index (κ1) is 11.5. The van der Waals surface area contributed by atoms with E-state index in [1.165, 1.54) is 0 Å².